The molecule has 0 saturated heterocycles. The van der Waals surface area contributed by atoms with Gasteiger partial charge >= 0.3 is 0 Å². The van der Waals surface area contributed by atoms with Crippen molar-refractivity contribution in [3.05, 3.63) is 52.2 Å². The van der Waals surface area contributed by atoms with Crippen molar-refractivity contribution in [1.29, 1.82) is 0 Å². The summed E-state index contributed by atoms with van der Waals surface area (Å²) in [5.74, 6) is -0.821. The molecule has 5 nitrogen and oxygen atoms in total. The molecule has 1 amide bonds. The van der Waals surface area contributed by atoms with Gasteiger partial charge in [0.2, 0.25) is 0 Å². The van der Waals surface area contributed by atoms with Crippen LogP contribution in [0.15, 0.2) is 41.8 Å². The number of carboxylic acid groups (broad SMARTS) is 1. The van der Waals surface area contributed by atoms with Crippen molar-refractivity contribution in [3.63, 3.8) is 0 Å². The Bertz CT molecular complexity index is 650. The molecule has 0 unspecified atom stereocenters. The summed E-state index contributed by atoms with van der Waals surface area (Å²) < 4.78 is 5.56. The minimum Gasteiger partial charge on any atom is -0.550 e. The smallest absolute Gasteiger partial charge is 0.261 e. The van der Waals surface area contributed by atoms with Crippen LogP contribution in [0.1, 0.15) is 41.5 Å². The predicted molar refractivity (Wildman–Crippen MR) is 86.4 cm³/mol. The van der Waals surface area contributed by atoms with Crippen molar-refractivity contribution in [2.24, 2.45) is 0 Å². The predicted octanol–water partition coefficient (Wildman–Crippen LogP) is 2.15. The first-order valence-corrected chi connectivity index (χ1v) is 8.14. The van der Waals surface area contributed by atoms with E-state index in [1.165, 1.54) is 11.3 Å². The molecule has 23 heavy (non-hydrogen) atoms. The lowest BCUT2D eigenvalue weighted by Gasteiger charge is -2.20. The third-order valence-electron chi connectivity index (χ3n) is 3.08. The summed E-state index contributed by atoms with van der Waals surface area (Å²) in [6, 6.07) is 9.83. The van der Waals surface area contributed by atoms with Gasteiger partial charge in [0.1, 0.15) is 5.75 Å². The molecule has 0 radical (unpaired) electrons. The van der Waals surface area contributed by atoms with Crippen LogP contribution >= 0.6 is 11.3 Å². The lowest BCUT2D eigenvalue weighted by Crippen LogP contribution is -2.33. The van der Waals surface area contributed by atoms with Gasteiger partial charge in [0.05, 0.1) is 17.0 Å². The van der Waals surface area contributed by atoms with E-state index in [0.717, 1.165) is 0 Å². The first kappa shape index (κ1) is 17.0. The maximum atomic E-state index is 12.1. The van der Waals surface area contributed by atoms with Crippen LogP contribution in [0.5, 0.6) is 5.75 Å². The van der Waals surface area contributed by atoms with Crippen LogP contribution in [0.4, 0.5) is 0 Å². The lowest BCUT2D eigenvalue weighted by atomic mass is 10.0. The summed E-state index contributed by atoms with van der Waals surface area (Å²) in [6.45, 7) is 3.85. The molecule has 122 valence electrons. The quantitative estimate of drug-likeness (QED) is 0.842. The highest BCUT2D eigenvalue weighted by molar-refractivity contribution is 7.12. The van der Waals surface area contributed by atoms with Crippen LogP contribution in [0, 0.1) is 0 Å². The topological polar surface area (TPSA) is 78.5 Å². The van der Waals surface area contributed by atoms with Crippen LogP contribution in [0.25, 0.3) is 0 Å². The first-order chi connectivity index (χ1) is 11.0. The molecular formula is C17H18NO4S-. The number of amides is 1. The van der Waals surface area contributed by atoms with Gasteiger partial charge in [0.25, 0.3) is 5.91 Å². The Morgan fingerprint density at radius 3 is 2.43 bits per heavy atom. The molecule has 1 atom stereocenters. The van der Waals surface area contributed by atoms with E-state index in [9.17, 15) is 14.7 Å². The fourth-order valence-electron chi connectivity index (χ4n) is 2.11. The van der Waals surface area contributed by atoms with Gasteiger partial charge in [-0.05, 0) is 43.0 Å². The highest BCUT2D eigenvalue weighted by atomic mass is 32.1. The van der Waals surface area contributed by atoms with Crippen molar-refractivity contribution in [2.45, 2.75) is 32.4 Å². The molecule has 6 heteroatoms. The Labute approximate surface area is 138 Å². The number of ether oxygens (including phenoxy) is 1. The summed E-state index contributed by atoms with van der Waals surface area (Å²) in [7, 11) is 0. The molecule has 2 aromatic rings. The number of carbonyl (C=O) groups excluding carboxylic acids is 2. The minimum absolute atomic E-state index is 0.0541. The molecule has 0 aliphatic carbocycles. The second-order valence-electron chi connectivity index (χ2n) is 5.32. The molecule has 0 bridgehead atoms. The van der Waals surface area contributed by atoms with Crippen LogP contribution in [0.3, 0.4) is 0 Å². The summed E-state index contributed by atoms with van der Waals surface area (Å²) >= 11 is 1.30. The number of hydrogen-bond acceptors (Lipinski definition) is 5. The van der Waals surface area contributed by atoms with Gasteiger partial charge < -0.3 is 20.0 Å². The number of thiophene rings is 1. The lowest BCUT2D eigenvalue weighted by molar-refractivity contribution is -0.306. The third-order valence-corrected chi connectivity index (χ3v) is 3.94. The highest BCUT2D eigenvalue weighted by Gasteiger charge is 2.17. The normalized spacial score (nSPS) is 12.0. The zero-order chi connectivity index (χ0) is 16.8. The fourth-order valence-corrected chi connectivity index (χ4v) is 2.73. The summed E-state index contributed by atoms with van der Waals surface area (Å²) in [5, 5.41) is 15.5. The molecular weight excluding hydrogens is 314 g/mol. The molecule has 0 saturated carbocycles. The molecule has 0 aliphatic heterocycles. The average molecular weight is 332 g/mol. The molecule has 1 aromatic carbocycles. The van der Waals surface area contributed by atoms with Gasteiger partial charge in [-0.3, -0.25) is 4.79 Å². The van der Waals surface area contributed by atoms with Crippen LogP contribution < -0.4 is 15.2 Å². The van der Waals surface area contributed by atoms with E-state index >= 15 is 0 Å². The number of carbonyl (C=O) groups is 2. The monoisotopic (exact) mass is 332 g/mol. The SMILES string of the molecule is CC(C)Oc1ccc([C@H](CC(=O)[O-])NC(=O)c2cccs2)cc1. The van der Waals surface area contributed by atoms with E-state index in [4.69, 9.17) is 4.74 Å². The van der Waals surface area contributed by atoms with Crippen molar-refractivity contribution in [1.82, 2.24) is 5.32 Å². The standard InChI is InChI=1S/C17H19NO4S/c1-11(2)22-13-7-5-12(6-8-13)14(10-16(19)20)18-17(21)15-4-3-9-23-15/h3-9,11,14H,10H2,1-2H3,(H,18,21)(H,19,20)/p-1/t14-/m0/s1. The maximum Gasteiger partial charge on any atom is 0.261 e. The molecule has 0 fully saturated rings. The van der Waals surface area contributed by atoms with Gasteiger partial charge in [-0.15, -0.1) is 11.3 Å². The second kappa shape index (κ2) is 7.78. The van der Waals surface area contributed by atoms with E-state index in [1.54, 1.807) is 41.8 Å². The molecule has 0 spiro atoms. The number of aliphatic carboxylic acids is 1. The van der Waals surface area contributed by atoms with Crippen molar-refractivity contribution in [2.75, 3.05) is 0 Å². The molecule has 0 aliphatic rings. The van der Waals surface area contributed by atoms with E-state index < -0.39 is 12.0 Å². The number of hydrogen-bond donors (Lipinski definition) is 1. The first-order valence-electron chi connectivity index (χ1n) is 7.26. The number of rotatable bonds is 7. The molecule has 1 heterocycles. The number of carboxylic acids is 1. The van der Waals surface area contributed by atoms with E-state index in [2.05, 4.69) is 5.32 Å². The highest BCUT2D eigenvalue weighted by Crippen LogP contribution is 2.22. The summed E-state index contributed by atoms with van der Waals surface area (Å²) in [6.07, 6.45) is -0.236. The zero-order valence-electron chi connectivity index (χ0n) is 12.9. The number of benzene rings is 1. The Balaban J connectivity index is 2.14. The van der Waals surface area contributed by atoms with Gasteiger partial charge in [0.15, 0.2) is 0 Å². The Kier molecular flexibility index (Phi) is 5.76. The Hall–Kier alpha value is -2.34. The van der Waals surface area contributed by atoms with Gasteiger partial charge in [-0.1, -0.05) is 18.2 Å². The van der Waals surface area contributed by atoms with Crippen LogP contribution in [-0.4, -0.2) is 18.0 Å². The minimum atomic E-state index is -1.22. The van der Waals surface area contributed by atoms with Crippen LogP contribution in [0.2, 0.25) is 0 Å². The third kappa shape index (κ3) is 5.10. The van der Waals surface area contributed by atoms with Crippen molar-refractivity contribution in [3.8, 4) is 5.75 Å². The van der Waals surface area contributed by atoms with E-state index in [1.807, 2.05) is 13.8 Å². The fraction of sp³-hybridized carbons (Fsp3) is 0.294. The molecule has 1 N–H and O–H groups in total. The second-order valence-corrected chi connectivity index (χ2v) is 6.26. The Morgan fingerprint density at radius 1 is 1.22 bits per heavy atom. The zero-order valence-corrected chi connectivity index (χ0v) is 13.8. The van der Waals surface area contributed by atoms with Gasteiger partial charge in [0, 0.05) is 12.4 Å². The van der Waals surface area contributed by atoms with E-state index in [0.29, 0.717) is 16.2 Å². The van der Waals surface area contributed by atoms with Crippen molar-refractivity contribution >= 4 is 23.2 Å². The van der Waals surface area contributed by atoms with E-state index in [-0.39, 0.29) is 18.4 Å². The Morgan fingerprint density at radius 2 is 1.91 bits per heavy atom. The summed E-state index contributed by atoms with van der Waals surface area (Å²) in [5.41, 5.74) is 0.690. The van der Waals surface area contributed by atoms with Gasteiger partial charge in [-0.25, -0.2) is 0 Å². The largest absolute Gasteiger partial charge is 0.550 e. The van der Waals surface area contributed by atoms with Crippen molar-refractivity contribution < 1.29 is 19.4 Å². The molecule has 2 rings (SSSR count). The molecule has 1 aromatic heterocycles. The average Bonchev–Trinajstić information content (AvgIpc) is 3.00. The van der Waals surface area contributed by atoms with Gasteiger partial charge in [-0.2, -0.15) is 0 Å². The summed E-state index contributed by atoms with van der Waals surface area (Å²) in [4.78, 5) is 23.7. The maximum absolute atomic E-state index is 12.1. The number of nitrogens with one attached hydrogen (secondary N) is 1. The van der Waals surface area contributed by atoms with Crippen LogP contribution in [-0.2, 0) is 4.79 Å².